The van der Waals surface area contributed by atoms with E-state index in [0.717, 1.165) is 11.4 Å². The van der Waals surface area contributed by atoms with Gasteiger partial charge in [-0.3, -0.25) is 9.59 Å². The molecule has 2 rings (SSSR count). The first kappa shape index (κ1) is 17.1. The molecule has 0 saturated carbocycles. The van der Waals surface area contributed by atoms with Crippen molar-refractivity contribution in [3.8, 4) is 0 Å². The monoisotopic (exact) mass is 328 g/mol. The van der Waals surface area contributed by atoms with E-state index in [9.17, 15) is 9.59 Å². The maximum absolute atomic E-state index is 11.9. The predicted molar refractivity (Wildman–Crippen MR) is 95.9 cm³/mol. The second-order valence-corrected chi connectivity index (χ2v) is 6.39. The van der Waals surface area contributed by atoms with Crippen molar-refractivity contribution < 1.29 is 9.59 Å². The summed E-state index contributed by atoms with van der Waals surface area (Å²) in [5, 5.41) is 5.54. The fraction of sp³-hybridized carbons (Fsp3) is 0.222. The number of thioether (sulfide) groups is 1. The highest BCUT2D eigenvalue weighted by molar-refractivity contribution is 7.99. The Bertz CT molecular complexity index is 666. The van der Waals surface area contributed by atoms with Crippen molar-refractivity contribution in [1.82, 2.24) is 0 Å². The van der Waals surface area contributed by atoms with Crippen LogP contribution in [-0.4, -0.2) is 17.6 Å². The third-order valence-corrected chi connectivity index (χ3v) is 4.12. The third kappa shape index (κ3) is 6.16. The molecule has 2 aromatic rings. The van der Waals surface area contributed by atoms with Crippen LogP contribution in [0.15, 0.2) is 53.4 Å². The average Bonchev–Trinajstić information content (AvgIpc) is 2.51. The molecule has 0 aliphatic heterocycles. The van der Waals surface area contributed by atoms with Crippen LogP contribution in [0.5, 0.6) is 0 Å². The van der Waals surface area contributed by atoms with Crippen LogP contribution in [0.4, 0.5) is 11.4 Å². The number of benzene rings is 2. The first-order chi connectivity index (χ1) is 11.0. The second kappa shape index (κ2) is 8.39. The highest BCUT2D eigenvalue weighted by Crippen LogP contribution is 2.19. The summed E-state index contributed by atoms with van der Waals surface area (Å²) >= 11 is 1.67. The quantitative estimate of drug-likeness (QED) is 0.786. The first-order valence-corrected chi connectivity index (χ1v) is 8.38. The fourth-order valence-corrected chi connectivity index (χ4v) is 2.81. The number of hydrogen-bond donors (Lipinski definition) is 2. The fourth-order valence-electron chi connectivity index (χ4n) is 1.96. The number of carbonyl (C=O) groups excluding carboxylic acids is 2. The lowest BCUT2D eigenvalue weighted by molar-refractivity contribution is -0.116. The summed E-state index contributed by atoms with van der Waals surface area (Å²) in [6, 6.07) is 15.3. The van der Waals surface area contributed by atoms with E-state index in [4.69, 9.17) is 0 Å². The van der Waals surface area contributed by atoms with Crippen LogP contribution < -0.4 is 10.6 Å². The smallest absolute Gasteiger partial charge is 0.225 e. The summed E-state index contributed by atoms with van der Waals surface area (Å²) in [6.07, 6.45) is 0.450. The minimum Gasteiger partial charge on any atom is -0.326 e. The van der Waals surface area contributed by atoms with Gasteiger partial charge in [-0.1, -0.05) is 17.7 Å². The van der Waals surface area contributed by atoms with Gasteiger partial charge >= 0.3 is 0 Å². The molecule has 0 radical (unpaired) electrons. The van der Waals surface area contributed by atoms with Gasteiger partial charge in [0, 0.05) is 35.4 Å². The Hall–Kier alpha value is -2.27. The van der Waals surface area contributed by atoms with E-state index < -0.39 is 0 Å². The van der Waals surface area contributed by atoms with Crippen LogP contribution in [-0.2, 0) is 9.59 Å². The van der Waals surface area contributed by atoms with Gasteiger partial charge in [0.05, 0.1) is 0 Å². The van der Waals surface area contributed by atoms with E-state index in [1.54, 1.807) is 36.0 Å². The molecule has 2 amide bonds. The lowest BCUT2D eigenvalue weighted by Gasteiger charge is -2.07. The first-order valence-electron chi connectivity index (χ1n) is 7.40. The summed E-state index contributed by atoms with van der Waals surface area (Å²) in [5.74, 6) is 0.602. The van der Waals surface area contributed by atoms with Gasteiger partial charge in [0.2, 0.25) is 11.8 Å². The minimum atomic E-state index is -0.116. The summed E-state index contributed by atoms with van der Waals surface area (Å²) in [5.41, 5.74) is 2.67. The topological polar surface area (TPSA) is 58.2 Å². The number of hydrogen-bond acceptors (Lipinski definition) is 3. The molecule has 0 fully saturated rings. The van der Waals surface area contributed by atoms with Gasteiger partial charge < -0.3 is 10.6 Å². The molecular weight excluding hydrogens is 308 g/mol. The highest BCUT2D eigenvalue weighted by atomic mass is 32.2. The Balaban J connectivity index is 1.76. The molecule has 0 unspecified atom stereocenters. The lowest BCUT2D eigenvalue weighted by Crippen LogP contribution is -2.12. The molecule has 0 atom stereocenters. The molecule has 23 heavy (non-hydrogen) atoms. The standard InChI is InChI=1S/C18H20N2O2S/c1-13-3-9-17(10-4-13)23-12-11-18(22)20-16-7-5-15(6-8-16)19-14(2)21/h3-10H,11-12H2,1-2H3,(H,19,21)(H,20,22). The zero-order valence-corrected chi connectivity index (χ0v) is 14.1. The van der Waals surface area contributed by atoms with E-state index in [2.05, 4.69) is 41.8 Å². The number of aryl methyl sites for hydroxylation is 1. The van der Waals surface area contributed by atoms with Crippen LogP contribution in [0, 0.1) is 6.92 Å². The van der Waals surface area contributed by atoms with Gasteiger partial charge in [0.15, 0.2) is 0 Å². The van der Waals surface area contributed by atoms with Crippen molar-refractivity contribution in [3.05, 3.63) is 54.1 Å². The van der Waals surface area contributed by atoms with Crippen LogP contribution in [0.1, 0.15) is 18.9 Å². The Kier molecular flexibility index (Phi) is 6.23. The maximum Gasteiger partial charge on any atom is 0.225 e. The van der Waals surface area contributed by atoms with E-state index in [1.165, 1.54) is 17.4 Å². The van der Waals surface area contributed by atoms with Crippen LogP contribution in [0.25, 0.3) is 0 Å². The lowest BCUT2D eigenvalue weighted by atomic mass is 10.2. The molecule has 4 nitrogen and oxygen atoms in total. The van der Waals surface area contributed by atoms with Gasteiger partial charge in [0.25, 0.3) is 0 Å². The molecule has 0 heterocycles. The zero-order chi connectivity index (χ0) is 16.7. The third-order valence-electron chi connectivity index (χ3n) is 3.11. The Morgan fingerprint density at radius 2 is 1.48 bits per heavy atom. The largest absolute Gasteiger partial charge is 0.326 e. The molecule has 0 aliphatic carbocycles. The van der Waals surface area contributed by atoms with Gasteiger partial charge in [-0.05, 0) is 43.3 Å². The van der Waals surface area contributed by atoms with E-state index in [0.29, 0.717) is 12.1 Å². The predicted octanol–water partition coefficient (Wildman–Crippen LogP) is 4.07. The van der Waals surface area contributed by atoms with Crippen molar-refractivity contribution in [2.45, 2.75) is 25.2 Å². The summed E-state index contributed by atoms with van der Waals surface area (Å²) in [4.78, 5) is 24.0. The molecule has 0 saturated heterocycles. The van der Waals surface area contributed by atoms with Crippen molar-refractivity contribution >= 4 is 35.0 Å². The molecule has 0 aromatic heterocycles. The Labute approximate surface area is 140 Å². The normalized spacial score (nSPS) is 10.2. The van der Waals surface area contributed by atoms with Crippen LogP contribution in [0.2, 0.25) is 0 Å². The van der Waals surface area contributed by atoms with E-state index >= 15 is 0 Å². The molecule has 0 spiro atoms. The Morgan fingerprint density at radius 1 is 0.913 bits per heavy atom. The maximum atomic E-state index is 11.9. The SMILES string of the molecule is CC(=O)Nc1ccc(NC(=O)CCSc2ccc(C)cc2)cc1. The molecule has 0 aliphatic rings. The van der Waals surface area contributed by atoms with E-state index in [-0.39, 0.29) is 11.8 Å². The Morgan fingerprint density at radius 3 is 2.04 bits per heavy atom. The number of carbonyl (C=O) groups is 2. The van der Waals surface area contributed by atoms with Gasteiger partial charge in [-0.2, -0.15) is 0 Å². The second-order valence-electron chi connectivity index (χ2n) is 5.22. The zero-order valence-electron chi connectivity index (χ0n) is 13.3. The van der Waals surface area contributed by atoms with Crippen molar-refractivity contribution in [3.63, 3.8) is 0 Å². The molecule has 2 N–H and O–H groups in total. The van der Waals surface area contributed by atoms with Crippen LogP contribution >= 0.6 is 11.8 Å². The average molecular weight is 328 g/mol. The van der Waals surface area contributed by atoms with Gasteiger partial charge in [-0.25, -0.2) is 0 Å². The summed E-state index contributed by atoms with van der Waals surface area (Å²) in [7, 11) is 0. The van der Waals surface area contributed by atoms with Gasteiger partial charge in [-0.15, -0.1) is 11.8 Å². The molecular formula is C18H20N2O2S. The number of nitrogens with one attached hydrogen (secondary N) is 2. The molecule has 120 valence electrons. The van der Waals surface area contributed by atoms with E-state index in [1.807, 2.05) is 0 Å². The molecule has 0 bridgehead atoms. The highest BCUT2D eigenvalue weighted by Gasteiger charge is 2.04. The van der Waals surface area contributed by atoms with Crippen molar-refractivity contribution in [1.29, 1.82) is 0 Å². The van der Waals surface area contributed by atoms with Gasteiger partial charge in [0.1, 0.15) is 0 Å². The van der Waals surface area contributed by atoms with Crippen LogP contribution in [0.3, 0.4) is 0 Å². The number of anilines is 2. The minimum absolute atomic E-state index is 0.0168. The summed E-state index contributed by atoms with van der Waals surface area (Å²) in [6.45, 7) is 3.51. The number of rotatable bonds is 6. The van der Waals surface area contributed by atoms with Crippen molar-refractivity contribution in [2.24, 2.45) is 0 Å². The summed E-state index contributed by atoms with van der Waals surface area (Å²) < 4.78 is 0. The molecule has 2 aromatic carbocycles. The number of amides is 2. The van der Waals surface area contributed by atoms with Crippen molar-refractivity contribution in [2.75, 3.05) is 16.4 Å². The molecule has 5 heteroatoms.